The van der Waals surface area contributed by atoms with Crippen molar-refractivity contribution in [3.63, 3.8) is 0 Å². The molecule has 0 aromatic heterocycles. The van der Waals surface area contributed by atoms with Crippen LogP contribution in [0.15, 0.2) is 0 Å². The Kier molecular flexibility index (Phi) is 10.6. The lowest BCUT2D eigenvalue weighted by Gasteiger charge is -2.30. The molecule has 120 valence electrons. The van der Waals surface area contributed by atoms with Gasteiger partial charge >= 0.3 is 9.36 Å². The fourth-order valence-corrected chi connectivity index (χ4v) is 4.62. The molecule has 3 N–H and O–H groups in total. The van der Waals surface area contributed by atoms with Crippen LogP contribution in [-0.4, -0.2) is 41.6 Å². The smallest absolute Gasteiger partial charge is 0.335 e. The number of nitrogens with one attached hydrogen (secondary N) is 3. The van der Waals surface area contributed by atoms with Gasteiger partial charge < -0.3 is 19.7 Å². The van der Waals surface area contributed by atoms with Crippen LogP contribution < -0.4 is 15.3 Å². The van der Waals surface area contributed by atoms with Crippen molar-refractivity contribution in [2.45, 2.75) is 65.3 Å². The Morgan fingerprint density at radius 1 is 1.00 bits per heavy atom. The maximum absolute atomic E-state index is 6.03. The van der Waals surface area contributed by atoms with Gasteiger partial charge in [0, 0.05) is 19.2 Å². The summed E-state index contributed by atoms with van der Waals surface area (Å²) in [6.45, 7) is 10.7. The van der Waals surface area contributed by atoms with E-state index < -0.39 is 9.36 Å². The van der Waals surface area contributed by atoms with Crippen LogP contribution >= 0.6 is 0 Å². The van der Waals surface area contributed by atoms with Gasteiger partial charge in [-0.1, -0.05) is 33.6 Å². The van der Waals surface area contributed by atoms with E-state index in [0.717, 1.165) is 32.2 Å². The van der Waals surface area contributed by atoms with Crippen LogP contribution in [0.2, 0.25) is 0 Å². The third kappa shape index (κ3) is 7.74. The van der Waals surface area contributed by atoms with Gasteiger partial charge in [-0.25, -0.2) is 0 Å². The van der Waals surface area contributed by atoms with Gasteiger partial charge in [0.15, 0.2) is 0 Å². The second kappa shape index (κ2) is 11.7. The van der Waals surface area contributed by atoms with Crippen LogP contribution in [0.5, 0.6) is 0 Å². The molecule has 0 bridgehead atoms. The topological polar surface area (TPSA) is 45.3 Å². The van der Waals surface area contributed by atoms with Gasteiger partial charge in [-0.2, -0.15) is 0 Å². The lowest BCUT2D eigenvalue weighted by Crippen LogP contribution is -2.51. The van der Waals surface area contributed by atoms with Crippen molar-refractivity contribution < 1.29 is 4.43 Å². The minimum absolute atomic E-state index is 0.708. The second-order valence-electron chi connectivity index (χ2n) is 5.98. The molecule has 1 saturated carbocycles. The van der Waals surface area contributed by atoms with Crippen LogP contribution in [0.1, 0.15) is 59.3 Å². The van der Waals surface area contributed by atoms with Crippen molar-refractivity contribution in [1.29, 1.82) is 0 Å². The molecule has 2 unspecified atom stereocenters. The standard InChI is InChI=1S/C15H35N3OSi/c1-4-10-17-20(18-11-5-2)19-13-12-16-15-9-7-6-8-14(15)3/h14-18,20H,4-13H2,1-3H3. The lowest BCUT2D eigenvalue weighted by atomic mass is 9.86. The summed E-state index contributed by atoms with van der Waals surface area (Å²) in [5, 5.41) is 3.68. The van der Waals surface area contributed by atoms with E-state index in [1.54, 1.807) is 0 Å². The molecule has 0 heterocycles. The van der Waals surface area contributed by atoms with Crippen molar-refractivity contribution in [2.75, 3.05) is 26.2 Å². The quantitative estimate of drug-likeness (QED) is 0.403. The summed E-state index contributed by atoms with van der Waals surface area (Å²) in [6.07, 6.45) is 7.84. The summed E-state index contributed by atoms with van der Waals surface area (Å²) in [4.78, 5) is 7.06. The molecule has 0 aliphatic heterocycles. The molecule has 0 aromatic carbocycles. The molecule has 5 heteroatoms. The van der Waals surface area contributed by atoms with E-state index in [4.69, 9.17) is 4.43 Å². The third-order valence-electron chi connectivity index (χ3n) is 4.06. The van der Waals surface area contributed by atoms with Crippen LogP contribution in [0.3, 0.4) is 0 Å². The van der Waals surface area contributed by atoms with Crippen molar-refractivity contribution in [2.24, 2.45) is 5.92 Å². The summed E-state index contributed by atoms with van der Waals surface area (Å²) in [5.74, 6) is 0.827. The van der Waals surface area contributed by atoms with Crippen LogP contribution in [0.25, 0.3) is 0 Å². The third-order valence-corrected chi connectivity index (χ3v) is 5.95. The van der Waals surface area contributed by atoms with E-state index in [0.29, 0.717) is 6.04 Å². The van der Waals surface area contributed by atoms with Gasteiger partial charge in [0.25, 0.3) is 0 Å². The first-order chi connectivity index (χ1) is 9.77. The Morgan fingerprint density at radius 2 is 1.65 bits per heavy atom. The molecule has 0 amide bonds. The van der Waals surface area contributed by atoms with Crippen molar-refractivity contribution in [3.05, 3.63) is 0 Å². The molecule has 1 aliphatic carbocycles. The Morgan fingerprint density at radius 3 is 2.25 bits per heavy atom. The number of hydrogen-bond acceptors (Lipinski definition) is 4. The SMILES string of the molecule is CCCN[SiH](NCCC)OCCNC1CCCCC1C. The zero-order valence-corrected chi connectivity index (χ0v) is 14.9. The van der Waals surface area contributed by atoms with E-state index in [9.17, 15) is 0 Å². The zero-order chi connectivity index (χ0) is 14.6. The van der Waals surface area contributed by atoms with E-state index >= 15 is 0 Å². The largest absolute Gasteiger partial charge is 0.393 e. The Bertz CT molecular complexity index is 223. The maximum Gasteiger partial charge on any atom is 0.335 e. The van der Waals surface area contributed by atoms with E-state index in [1.165, 1.54) is 38.5 Å². The Hall–Kier alpha value is 0.0569. The summed E-state index contributed by atoms with van der Waals surface area (Å²) >= 11 is 0. The first kappa shape index (κ1) is 18.1. The molecule has 4 nitrogen and oxygen atoms in total. The second-order valence-corrected chi connectivity index (χ2v) is 7.89. The van der Waals surface area contributed by atoms with Gasteiger partial charge in [0.2, 0.25) is 0 Å². The first-order valence-corrected chi connectivity index (χ1v) is 10.2. The highest BCUT2D eigenvalue weighted by molar-refractivity contribution is 6.45. The van der Waals surface area contributed by atoms with Crippen molar-refractivity contribution >= 4 is 9.36 Å². The Balaban J connectivity index is 2.11. The average Bonchev–Trinajstić information content (AvgIpc) is 2.47. The molecule has 1 aliphatic rings. The van der Waals surface area contributed by atoms with Gasteiger partial charge in [0.05, 0.1) is 0 Å². The van der Waals surface area contributed by atoms with Gasteiger partial charge in [-0.15, -0.1) is 0 Å². The first-order valence-electron chi connectivity index (χ1n) is 8.59. The van der Waals surface area contributed by atoms with Crippen LogP contribution in [0.4, 0.5) is 0 Å². The maximum atomic E-state index is 6.03. The normalized spacial score (nSPS) is 23.4. The van der Waals surface area contributed by atoms with Gasteiger partial charge in [0.1, 0.15) is 0 Å². The summed E-state index contributed by atoms with van der Waals surface area (Å²) in [6, 6.07) is 0.708. The van der Waals surface area contributed by atoms with E-state index in [-0.39, 0.29) is 0 Å². The highest BCUT2D eigenvalue weighted by Crippen LogP contribution is 2.23. The zero-order valence-electron chi connectivity index (χ0n) is 13.7. The van der Waals surface area contributed by atoms with E-state index in [1.807, 2.05) is 0 Å². The van der Waals surface area contributed by atoms with Gasteiger partial charge in [-0.3, -0.25) is 0 Å². The predicted octanol–water partition coefficient (Wildman–Crippen LogP) is 1.89. The molecule has 0 saturated heterocycles. The van der Waals surface area contributed by atoms with Crippen LogP contribution in [-0.2, 0) is 4.43 Å². The molecule has 1 rings (SSSR count). The molecular formula is C15H35N3OSi. The lowest BCUT2D eigenvalue weighted by molar-refractivity contribution is 0.246. The van der Waals surface area contributed by atoms with Gasteiger partial charge in [-0.05, 0) is 44.7 Å². The Labute approximate surface area is 127 Å². The summed E-state index contributed by atoms with van der Waals surface area (Å²) < 4.78 is 6.03. The minimum atomic E-state index is -1.40. The minimum Gasteiger partial charge on any atom is -0.393 e. The molecule has 2 atom stereocenters. The molecule has 20 heavy (non-hydrogen) atoms. The predicted molar refractivity (Wildman–Crippen MR) is 89.1 cm³/mol. The number of hydrogen-bond donors (Lipinski definition) is 3. The molecule has 0 radical (unpaired) electrons. The molecule has 1 fully saturated rings. The average molecular weight is 302 g/mol. The highest BCUT2D eigenvalue weighted by atomic mass is 28.3. The van der Waals surface area contributed by atoms with Crippen molar-refractivity contribution in [3.8, 4) is 0 Å². The van der Waals surface area contributed by atoms with Crippen LogP contribution in [0, 0.1) is 5.92 Å². The fraction of sp³-hybridized carbons (Fsp3) is 1.00. The summed E-state index contributed by atoms with van der Waals surface area (Å²) in [7, 11) is -1.40. The number of rotatable bonds is 11. The highest BCUT2D eigenvalue weighted by Gasteiger charge is 2.20. The molecular weight excluding hydrogens is 266 g/mol. The summed E-state index contributed by atoms with van der Waals surface area (Å²) in [5.41, 5.74) is 0. The molecule has 0 spiro atoms. The van der Waals surface area contributed by atoms with E-state index in [2.05, 4.69) is 36.1 Å². The monoisotopic (exact) mass is 301 g/mol. The van der Waals surface area contributed by atoms with Crippen molar-refractivity contribution in [1.82, 2.24) is 15.3 Å². The molecule has 0 aromatic rings. The fourth-order valence-electron chi connectivity index (χ4n) is 2.78.